The summed E-state index contributed by atoms with van der Waals surface area (Å²) in [6.07, 6.45) is 4.61. The van der Waals surface area contributed by atoms with E-state index in [4.69, 9.17) is 5.73 Å². The predicted molar refractivity (Wildman–Crippen MR) is 69.3 cm³/mol. The molecule has 2 heterocycles. The first kappa shape index (κ1) is 11.6. The molecule has 0 amide bonds. The molecule has 1 fully saturated rings. The lowest BCUT2D eigenvalue weighted by Gasteiger charge is -2.40. The normalized spacial score (nSPS) is 17.9. The Morgan fingerprint density at radius 3 is 2.72 bits per heavy atom. The van der Waals surface area contributed by atoms with Gasteiger partial charge in [0.25, 0.3) is 5.78 Å². The number of aromatic nitrogens is 4. The Kier molecular flexibility index (Phi) is 2.59. The molecule has 0 spiro atoms. The largest absolute Gasteiger partial charge is 0.330 e. The molecular weight excluding hydrogens is 226 g/mol. The lowest BCUT2D eigenvalue weighted by Crippen LogP contribution is -2.39. The highest BCUT2D eigenvalue weighted by atomic mass is 15.3. The molecule has 0 radical (unpaired) electrons. The molecule has 5 nitrogen and oxygen atoms in total. The maximum atomic E-state index is 5.92. The van der Waals surface area contributed by atoms with E-state index in [1.54, 1.807) is 0 Å². The number of hydrogen-bond donors (Lipinski definition) is 1. The van der Waals surface area contributed by atoms with Gasteiger partial charge in [0.2, 0.25) is 0 Å². The van der Waals surface area contributed by atoms with E-state index < -0.39 is 0 Å². The van der Waals surface area contributed by atoms with Crippen LogP contribution < -0.4 is 5.73 Å². The van der Waals surface area contributed by atoms with Crippen LogP contribution in [-0.2, 0) is 6.42 Å². The molecule has 0 bridgehead atoms. The van der Waals surface area contributed by atoms with E-state index >= 15 is 0 Å². The van der Waals surface area contributed by atoms with Gasteiger partial charge in [0.05, 0.1) is 0 Å². The first-order valence-electron chi connectivity index (χ1n) is 6.52. The van der Waals surface area contributed by atoms with Gasteiger partial charge in [0, 0.05) is 17.8 Å². The number of nitrogens with two attached hydrogens (primary N) is 1. The summed E-state index contributed by atoms with van der Waals surface area (Å²) < 4.78 is 2.06. The molecule has 1 aliphatic carbocycles. The quantitative estimate of drug-likeness (QED) is 0.887. The van der Waals surface area contributed by atoms with E-state index in [1.807, 2.05) is 6.92 Å². The van der Waals surface area contributed by atoms with E-state index in [9.17, 15) is 0 Å². The van der Waals surface area contributed by atoms with Gasteiger partial charge < -0.3 is 5.73 Å². The van der Waals surface area contributed by atoms with Gasteiger partial charge in [-0.2, -0.15) is 0 Å². The third-order valence-electron chi connectivity index (χ3n) is 4.14. The lowest BCUT2D eigenvalue weighted by atomic mass is 9.66. The molecule has 0 aliphatic heterocycles. The van der Waals surface area contributed by atoms with Crippen LogP contribution in [0.1, 0.15) is 36.5 Å². The van der Waals surface area contributed by atoms with Crippen LogP contribution in [0.5, 0.6) is 0 Å². The van der Waals surface area contributed by atoms with E-state index in [2.05, 4.69) is 32.6 Å². The second-order valence-electron chi connectivity index (χ2n) is 5.52. The van der Waals surface area contributed by atoms with Crippen molar-refractivity contribution in [2.75, 3.05) is 6.54 Å². The Labute approximate surface area is 106 Å². The third-order valence-corrected chi connectivity index (χ3v) is 4.14. The van der Waals surface area contributed by atoms with Gasteiger partial charge in [0.15, 0.2) is 0 Å². The maximum absolute atomic E-state index is 5.92. The number of hydrogen-bond acceptors (Lipinski definition) is 4. The van der Waals surface area contributed by atoms with Crippen molar-refractivity contribution in [2.45, 2.75) is 39.5 Å². The van der Waals surface area contributed by atoms with Crippen LogP contribution >= 0.6 is 0 Å². The zero-order chi connectivity index (χ0) is 12.8. The Balaban J connectivity index is 2.02. The van der Waals surface area contributed by atoms with Gasteiger partial charge in [-0.1, -0.05) is 6.42 Å². The Hall–Kier alpha value is -1.49. The van der Waals surface area contributed by atoms with Crippen LogP contribution in [0.3, 0.4) is 0 Å². The first-order valence-corrected chi connectivity index (χ1v) is 6.52. The Morgan fingerprint density at radius 1 is 1.33 bits per heavy atom. The fourth-order valence-corrected chi connectivity index (χ4v) is 2.88. The molecule has 2 N–H and O–H groups in total. The van der Waals surface area contributed by atoms with Crippen molar-refractivity contribution in [1.82, 2.24) is 19.6 Å². The van der Waals surface area contributed by atoms with Crippen LogP contribution in [0, 0.1) is 19.3 Å². The highest BCUT2D eigenvalue weighted by Gasteiger charge is 2.37. The predicted octanol–water partition coefficient (Wildman–Crippen LogP) is 1.41. The zero-order valence-corrected chi connectivity index (χ0v) is 11.0. The summed E-state index contributed by atoms with van der Waals surface area (Å²) in [6.45, 7) is 4.79. The number of nitrogens with zero attached hydrogens (tertiary/aromatic N) is 4. The van der Waals surface area contributed by atoms with Crippen LogP contribution in [0.15, 0.2) is 6.07 Å². The standard InChI is InChI=1S/C13H19N5/c1-9-6-10(2)18-11(16-17-12(18)15-9)7-13(8-14)4-3-5-13/h6H,3-5,7-8,14H2,1-2H3. The summed E-state index contributed by atoms with van der Waals surface area (Å²) in [5, 5.41) is 8.49. The van der Waals surface area contributed by atoms with E-state index in [-0.39, 0.29) is 5.41 Å². The van der Waals surface area contributed by atoms with Crippen LogP contribution in [-0.4, -0.2) is 26.1 Å². The summed E-state index contributed by atoms with van der Waals surface area (Å²) >= 11 is 0. The molecule has 3 rings (SSSR count). The highest BCUT2D eigenvalue weighted by Crippen LogP contribution is 2.42. The third kappa shape index (κ3) is 1.70. The maximum Gasteiger partial charge on any atom is 0.255 e. The molecule has 5 heteroatoms. The monoisotopic (exact) mass is 245 g/mol. The van der Waals surface area contributed by atoms with Gasteiger partial charge in [-0.05, 0) is 44.7 Å². The SMILES string of the molecule is Cc1cc(C)n2c(CC3(CN)CCC3)nnc2n1. The van der Waals surface area contributed by atoms with Crippen LogP contribution in [0.2, 0.25) is 0 Å². The van der Waals surface area contributed by atoms with Crippen molar-refractivity contribution in [3.63, 3.8) is 0 Å². The summed E-state index contributed by atoms with van der Waals surface area (Å²) in [6, 6.07) is 2.07. The van der Waals surface area contributed by atoms with Crippen molar-refractivity contribution >= 4 is 5.78 Å². The van der Waals surface area contributed by atoms with Crippen LogP contribution in [0.25, 0.3) is 5.78 Å². The summed E-state index contributed by atoms with van der Waals surface area (Å²) in [7, 11) is 0. The van der Waals surface area contributed by atoms with Crippen molar-refractivity contribution in [3.05, 3.63) is 23.3 Å². The van der Waals surface area contributed by atoms with Gasteiger partial charge in [-0.15, -0.1) is 10.2 Å². The number of fused-ring (bicyclic) bond motifs is 1. The van der Waals surface area contributed by atoms with Gasteiger partial charge in [-0.25, -0.2) is 4.98 Å². The van der Waals surface area contributed by atoms with Gasteiger partial charge in [-0.3, -0.25) is 4.40 Å². The average Bonchev–Trinajstić information content (AvgIpc) is 2.66. The Bertz CT molecular complexity index is 577. The summed E-state index contributed by atoms with van der Waals surface area (Å²) in [4.78, 5) is 4.41. The number of aryl methyl sites for hydroxylation is 2. The van der Waals surface area contributed by atoms with Gasteiger partial charge in [0.1, 0.15) is 5.82 Å². The number of rotatable bonds is 3. The zero-order valence-electron chi connectivity index (χ0n) is 11.0. The van der Waals surface area contributed by atoms with Crippen molar-refractivity contribution in [2.24, 2.45) is 11.1 Å². The lowest BCUT2D eigenvalue weighted by molar-refractivity contribution is 0.141. The molecular formula is C13H19N5. The summed E-state index contributed by atoms with van der Waals surface area (Å²) in [5.74, 6) is 1.70. The van der Waals surface area contributed by atoms with Crippen molar-refractivity contribution < 1.29 is 0 Å². The second kappa shape index (κ2) is 4.02. The highest BCUT2D eigenvalue weighted by molar-refractivity contribution is 5.32. The molecule has 1 saturated carbocycles. The molecule has 2 aromatic rings. The minimum absolute atomic E-state index is 0.250. The van der Waals surface area contributed by atoms with Crippen LogP contribution in [0.4, 0.5) is 0 Å². The second-order valence-corrected chi connectivity index (χ2v) is 5.52. The smallest absolute Gasteiger partial charge is 0.255 e. The Morgan fingerprint density at radius 2 is 2.11 bits per heavy atom. The minimum Gasteiger partial charge on any atom is -0.330 e. The topological polar surface area (TPSA) is 69.1 Å². The molecule has 0 unspecified atom stereocenters. The fraction of sp³-hybridized carbons (Fsp3) is 0.615. The fourth-order valence-electron chi connectivity index (χ4n) is 2.88. The first-order chi connectivity index (χ1) is 8.63. The molecule has 2 aromatic heterocycles. The van der Waals surface area contributed by atoms with Crippen molar-refractivity contribution in [1.29, 1.82) is 0 Å². The molecule has 0 aromatic carbocycles. The van der Waals surface area contributed by atoms with E-state index in [0.717, 1.165) is 30.2 Å². The van der Waals surface area contributed by atoms with E-state index in [1.165, 1.54) is 19.3 Å². The molecule has 18 heavy (non-hydrogen) atoms. The molecule has 0 saturated heterocycles. The van der Waals surface area contributed by atoms with Gasteiger partial charge >= 0.3 is 0 Å². The molecule has 0 atom stereocenters. The molecule has 1 aliphatic rings. The van der Waals surface area contributed by atoms with Crippen molar-refractivity contribution in [3.8, 4) is 0 Å². The average molecular weight is 245 g/mol. The minimum atomic E-state index is 0.250. The summed E-state index contributed by atoms with van der Waals surface area (Å²) in [5.41, 5.74) is 8.29. The van der Waals surface area contributed by atoms with E-state index in [0.29, 0.717) is 5.78 Å². The molecule has 96 valence electrons.